The van der Waals surface area contributed by atoms with Gasteiger partial charge in [0.1, 0.15) is 0 Å². The summed E-state index contributed by atoms with van der Waals surface area (Å²) in [5, 5.41) is 3.48. The molecule has 1 N–H and O–H groups in total. The molecular weight excluding hydrogens is 200 g/mol. The summed E-state index contributed by atoms with van der Waals surface area (Å²) in [6.07, 6.45) is 6.79. The topological polar surface area (TPSA) is 24.5 Å². The van der Waals surface area contributed by atoms with Crippen LogP contribution in [0.2, 0.25) is 0 Å². The number of likely N-dealkylation sites (tertiary alicyclic amines) is 1. The Morgan fingerprint density at radius 2 is 1.81 bits per heavy atom. The van der Waals surface area contributed by atoms with Crippen molar-refractivity contribution in [2.75, 3.05) is 39.4 Å². The normalized spacial score (nSPS) is 35.6. The Balaban J connectivity index is 1.54. The predicted molar refractivity (Wildman–Crippen MR) is 64.6 cm³/mol. The first kappa shape index (κ1) is 11.0. The Hall–Kier alpha value is -0.120. The highest BCUT2D eigenvalue weighted by Gasteiger charge is 2.37. The van der Waals surface area contributed by atoms with E-state index in [0.717, 1.165) is 19.3 Å². The van der Waals surface area contributed by atoms with Crippen LogP contribution in [0.4, 0.5) is 0 Å². The highest BCUT2D eigenvalue weighted by atomic mass is 16.5. The Kier molecular flexibility index (Phi) is 3.18. The van der Waals surface area contributed by atoms with Crippen LogP contribution in [-0.2, 0) is 4.74 Å². The molecule has 1 spiro atoms. The van der Waals surface area contributed by atoms with Crippen LogP contribution in [0.5, 0.6) is 0 Å². The summed E-state index contributed by atoms with van der Waals surface area (Å²) >= 11 is 0. The molecule has 3 heteroatoms. The molecule has 3 fully saturated rings. The Bertz CT molecular complexity index is 222. The van der Waals surface area contributed by atoms with E-state index in [1.165, 1.54) is 58.3 Å². The lowest BCUT2D eigenvalue weighted by molar-refractivity contribution is -0.0262. The Morgan fingerprint density at radius 3 is 2.44 bits per heavy atom. The van der Waals surface area contributed by atoms with Crippen molar-refractivity contribution in [2.45, 2.75) is 38.1 Å². The molecule has 16 heavy (non-hydrogen) atoms. The van der Waals surface area contributed by atoms with Crippen molar-refractivity contribution in [2.24, 2.45) is 5.41 Å². The fraction of sp³-hybridized carbons (Fsp3) is 1.00. The first-order chi connectivity index (χ1) is 7.88. The monoisotopic (exact) mass is 224 g/mol. The summed E-state index contributed by atoms with van der Waals surface area (Å²) in [6.45, 7) is 7.10. The van der Waals surface area contributed by atoms with E-state index >= 15 is 0 Å². The molecule has 0 aromatic heterocycles. The first-order valence-electron chi connectivity index (χ1n) is 6.91. The minimum absolute atomic E-state index is 0.654. The van der Waals surface area contributed by atoms with E-state index in [-0.39, 0.29) is 0 Å². The van der Waals surface area contributed by atoms with Gasteiger partial charge in [0.25, 0.3) is 0 Å². The summed E-state index contributed by atoms with van der Waals surface area (Å²) in [4.78, 5) is 2.72. The van der Waals surface area contributed by atoms with E-state index < -0.39 is 0 Å². The minimum Gasteiger partial charge on any atom is -0.381 e. The molecule has 0 aliphatic carbocycles. The van der Waals surface area contributed by atoms with E-state index in [0.29, 0.717) is 5.41 Å². The van der Waals surface area contributed by atoms with Gasteiger partial charge in [-0.1, -0.05) is 0 Å². The van der Waals surface area contributed by atoms with Gasteiger partial charge in [-0.05, 0) is 57.2 Å². The molecule has 3 aliphatic rings. The van der Waals surface area contributed by atoms with Crippen LogP contribution < -0.4 is 5.32 Å². The summed E-state index contributed by atoms with van der Waals surface area (Å²) in [7, 11) is 0. The smallest absolute Gasteiger partial charge is 0.0471 e. The number of nitrogens with zero attached hydrogens (tertiary/aromatic N) is 1. The van der Waals surface area contributed by atoms with Crippen molar-refractivity contribution in [3.8, 4) is 0 Å². The second-order valence-corrected chi connectivity index (χ2v) is 5.79. The van der Waals surface area contributed by atoms with Crippen molar-refractivity contribution >= 4 is 0 Å². The maximum Gasteiger partial charge on any atom is 0.0471 e. The third kappa shape index (κ3) is 2.13. The van der Waals surface area contributed by atoms with Gasteiger partial charge in [-0.15, -0.1) is 0 Å². The zero-order valence-corrected chi connectivity index (χ0v) is 10.2. The van der Waals surface area contributed by atoms with Crippen LogP contribution in [0.1, 0.15) is 32.1 Å². The van der Waals surface area contributed by atoms with Crippen LogP contribution in [0.15, 0.2) is 0 Å². The molecule has 0 aromatic rings. The molecule has 3 nitrogen and oxygen atoms in total. The fourth-order valence-corrected chi connectivity index (χ4v) is 3.62. The van der Waals surface area contributed by atoms with Gasteiger partial charge in [-0.2, -0.15) is 0 Å². The van der Waals surface area contributed by atoms with Gasteiger partial charge in [-0.25, -0.2) is 0 Å². The maximum absolute atomic E-state index is 5.50. The zero-order valence-electron chi connectivity index (χ0n) is 10.2. The molecule has 92 valence electrons. The van der Waals surface area contributed by atoms with Crippen molar-refractivity contribution in [3.05, 3.63) is 0 Å². The van der Waals surface area contributed by atoms with E-state index in [9.17, 15) is 0 Å². The molecular formula is C13H24N2O. The third-order valence-corrected chi connectivity index (χ3v) is 4.96. The van der Waals surface area contributed by atoms with E-state index in [2.05, 4.69) is 10.2 Å². The van der Waals surface area contributed by atoms with Gasteiger partial charge < -0.3 is 10.1 Å². The summed E-state index contributed by atoms with van der Waals surface area (Å²) in [5.41, 5.74) is 0.654. The van der Waals surface area contributed by atoms with Gasteiger partial charge in [0, 0.05) is 25.8 Å². The molecule has 0 aromatic carbocycles. The van der Waals surface area contributed by atoms with E-state index in [1.807, 2.05) is 0 Å². The molecule has 3 heterocycles. The van der Waals surface area contributed by atoms with Crippen LogP contribution in [0.3, 0.4) is 0 Å². The van der Waals surface area contributed by atoms with Crippen molar-refractivity contribution < 1.29 is 4.74 Å². The standard InChI is InChI=1S/C13H24N2O/c1-6-14-11-12(1)15-7-2-13(3-8-15)4-9-16-10-5-13/h12,14H,1-11H2/t12-/m1/s1. The zero-order chi connectivity index (χ0) is 10.8. The first-order valence-corrected chi connectivity index (χ1v) is 6.91. The summed E-state index contributed by atoms with van der Waals surface area (Å²) < 4.78 is 5.50. The fourth-order valence-electron chi connectivity index (χ4n) is 3.62. The third-order valence-electron chi connectivity index (χ3n) is 4.96. The average Bonchev–Trinajstić information content (AvgIpc) is 2.85. The molecule has 3 rings (SSSR count). The lowest BCUT2D eigenvalue weighted by Gasteiger charge is -2.45. The van der Waals surface area contributed by atoms with Crippen LogP contribution in [0, 0.1) is 5.41 Å². The molecule has 3 saturated heterocycles. The van der Waals surface area contributed by atoms with Gasteiger partial charge >= 0.3 is 0 Å². The van der Waals surface area contributed by atoms with Gasteiger partial charge in [0.05, 0.1) is 0 Å². The second kappa shape index (κ2) is 4.63. The lowest BCUT2D eigenvalue weighted by atomic mass is 9.72. The number of hydrogen-bond donors (Lipinski definition) is 1. The molecule has 1 atom stereocenters. The van der Waals surface area contributed by atoms with Crippen LogP contribution in [-0.4, -0.2) is 50.3 Å². The number of hydrogen-bond acceptors (Lipinski definition) is 3. The quantitative estimate of drug-likeness (QED) is 0.725. The molecule has 0 radical (unpaired) electrons. The second-order valence-electron chi connectivity index (χ2n) is 5.79. The maximum atomic E-state index is 5.50. The predicted octanol–water partition coefficient (Wildman–Crippen LogP) is 1.24. The Labute approximate surface area is 98.5 Å². The largest absolute Gasteiger partial charge is 0.381 e. The Morgan fingerprint density at radius 1 is 1.06 bits per heavy atom. The van der Waals surface area contributed by atoms with Crippen molar-refractivity contribution in [1.29, 1.82) is 0 Å². The molecule has 0 saturated carbocycles. The van der Waals surface area contributed by atoms with Gasteiger partial charge in [0.15, 0.2) is 0 Å². The summed E-state index contributed by atoms with van der Waals surface area (Å²) in [5.74, 6) is 0. The SMILES string of the molecule is C1C[C@@H](N2CCC3(CCOCC3)CC2)CN1. The molecule has 3 aliphatic heterocycles. The number of nitrogens with one attached hydrogen (secondary N) is 1. The van der Waals surface area contributed by atoms with Crippen LogP contribution in [0.25, 0.3) is 0 Å². The van der Waals surface area contributed by atoms with Gasteiger partial charge in [-0.3, -0.25) is 4.90 Å². The number of piperidine rings is 1. The summed E-state index contributed by atoms with van der Waals surface area (Å²) in [6, 6.07) is 0.831. The molecule has 0 unspecified atom stereocenters. The highest BCUT2D eigenvalue weighted by molar-refractivity contribution is 4.91. The number of rotatable bonds is 1. The van der Waals surface area contributed by atoms with Gasteiger partial charge in [0.2, 0.25) is 0 Å². The van der Waals surface area contributed by atoms with Crippen molar-refractivity contribution in [3.63, 3.8) is 0 Å². The average molecular weight is 224 g/mol. The number of ether oxygens (including phenoxy) is 1. The van der Waals surface area contributed by atoms with Crippen LogP contribution >= 0.6 is 0 Å². The molecule has 0 bridgehead atoms. The van der Waals surface area contributed by atoms with E-state index in [4.69, 9.17) is 4.74 Å². The van der Waals surface area contributed by atoms with Crippen molar-refractivity contribution in [1.82, 2.24) is 10.2 Å². The minimum atomic E-state index is 0.654. The van der Waals surface area contributed by atoms with E-state index in [1.54, 1.807) is 0 Å². The molecule has 0 amide bonds. The lowest BCUT2D eigenvalue weighted by Crippen LogP contribution is -2.47. The highest BCUT2D eigenvalue weighted by Crippen LogP contribution is 2.41.